The van der Waals surface area contributed by atoms with Crippen molar-refractivity contribution in [3.05, 3.63) is 54.0 Å². The van der Waals surface area contributed by atoms with Crippen LogP contribution in [0.2, 0.25) is 0 Å². The van der Waals surface area contributed by atoms with E-state index in [1.807, 2.05) is 0 Å². The highest BCUT2D eigenvalue weighted by molar-refractivity contribution is 7.89. The maximum absolute atomic E-state index is 12.2. The SMILES string of the molecule is CC(=O)c1ccc(S(=O)(=O)NC(C)Cc2ccco2)cc1. The molecule has 2 aromatic rings. The summed E-state index contributed by atoms with van der Waals surface area (Å²) in [5, 5.41) is 0. The molecular formula is C15H17NO4S. The average Bonchev–Trinajstić information content (AvgIpc) is 2.90. The van der Waals surface area contributed by atoms with Gasteiger partial charge in [0.2, 0.25) is 10.0 Å². The van der Waals surface area contributed by atoms with Gasteiger partial charge >= 0.3 is 0 Å². The van der Waals surface area contributed by atoms with Gasteiger partial charge in [-0.25, -0.2) is 13.1 Å². The van der Waals surface area contributed by atoms with Crippen LogP contribution in [0.4, 0.5) is 0 Å². The first-order chi connectivity index (χ1) is 9.88. The number of ketones is 1. The summed E-state index contributed by atoms with van der Waals surface area (Å²) in [6.45, 7) is 3.21. The monoisotopic (exact) mass is 307 g/mol. The molecule has 5 nitrogen and oxygen atoms in total. The lowest BCUT2D eigenvalue weighted by Gasteiger charge is -2.13. The molecule has 0 bridgehead atoms. The van der Waals surface area contributed by atoms with Crippen molar-refractivity contribution in [1.29, 1.82) is 0 Å². The topological polar surface area (TPSA) is 76.4 Å². The third-order valence-electron chi connectivity index (χ3n) is 3.01. The summed E-state index contributed by atoms with van der Waals surface area (Å²) in [6.07, 6.45) is 2.02. The van der Waals surface area contributed by atoms with Crippen LogP contribution in [-0.4, -0.2) is 20.2 Å². The Balaban J connectivity index is 2.08. The zero-order valence-electron chi connectivity index (χ0n) is 11.9. The number of carbonyl (C=O) groups excluding carboxylic acids is 1. The van der Waals surface area contributed by atoms with Gasteiger partial charge in [0.1, 0.15) is 5.76 Å². The molecular weight excluding hydrogens is 290 g/mol. The Labute approximate surface area is 124 Å². The van der Waals surface area contributed by atoms with Crippen molar-refractivity contribution in [2.24, 2.45) is 0 Å². The Kier molecular flexibility index (Phi) is 4.59. The molecule has 1 aromatic carbocycles. The second-order valence-corrected chi connectivity index (χ2v) is 6.60. The maximum Gasteiger partial charge on any atom is 0.240 e. The van der Waals surface area contributed by atoms with Gasteiger partial charge < -0.3 is 4.42 Å². The highest BCUT2D eigenvalue weighted by atomic mass is 32.2. The largest absolute Gasteiger partial charge is 0.469 e. The Bertz CT molecular complexity index is 703. The van der Waals surface area contributed by atoms with E-state index >= 15 is 0 Å². The number of benzene rings is 1. The van der Waals surface area contributed by atoms with E-state index in [1.54, 1.807) is 25.3 Å². The lowest BCUT2D eigenvalue weighted by atomic mass is 10.2. The molecule has 0 saturated heterocycles. The van der Waals surface area contributed by atoms with Crippen LogP contribution in [0.25, 0.3) is 0 Å². The molecule has 0 aliphatic heterocycles. The van der Waals surface area contributed by atoms with Crippen molar-refractivity contribution >= 4 is 15.8 Å². The number of hydrogen-bond acceptors (Lipinski definition) is 4. The second kappa shape index (κ2) is 6.24. The first-order valence-electron chi connectivity index (χ1n) is 6.54. The van der Waals surface area contributed by atoms with E-state index in [2.05, 4.69) is 4.72 Å². The number of hydrogen-bond donors (Lipinski definition) is 1. The highest BCUT2D eigenvalue weighted by Gasteiger charge is 2.18. The molecule has 0 radical (unpaired) electrons. The predicted octanol–water partition coefficient (Wildman–Crippen LogP) is 2.39. The van der Waals surface area contributed by atoms with Gasteiger partial charge in [0.15, 0.2) is 5.78 Å². The summed E-state index contributed by atoms with van der Waals surface area (Å²) in [4.78, 5) is 11.3. The molecule has 0 spiro atoms. The zero-order valence-corrected chi connectivity index (χ0v) is 12.7. The zero-order chi connectivity index (χ0) is 15.5. The van der Waals surface area contributed by atoms with Gasteiger partial charge in [0.05, 0.1) is 11.2 Å². The molecule has 0 fully saturated rings. The average molecular weight is 307 g/mol. The maximum atomic E-state index is 12.2. The van der Waals surface area contributed by atoms with Crippen LogP contribution >= 0.6 is 0 Å². The van der Waals surface area contributed by atoms with Crippen molar-refractivity contribution in [3.63, 3.8) is 0 Å². The van der Waals surface area contributed by atoms with Crippen LogP contribution in [0.5, 0.6) is 0 Å². The molecule has 0 aliphatic carbocycles. The molecule has 0 amide bonds. The second-order valence-electron chi connectivity index (χ2n) is 4.89. The number of rotatable bonds is 6. The van der Waals surface area contributed by atoms with Gasteiger partial charge in [0.25, 0.3) is 0 Å². The minimum atomic E-state index is -3.61. The van der Waals surface area contributed by atoms with Crippen LogP contribution in [-0.2, 0) is 16.4 Å². The fourth-order valence-electron chi connectivity index (χ4n) is 1.97. The smallest absolute Gasteiger partial charge is 0.240 e. The van der Waals surface area contributed by atoms with Crippen LogP contribution in [0.3, 0.4) is 0 Å². The highest BCUT2D eigenvalue weighted by Crippen LogP contribution is 2.13. The third-order valence-corrected chi connectivity index (χ3v) is 4.62. The molecule has 1 aromatic heterocycles. The summed E-state index contributed by atoms with van der Waals surface area (Å²) >= 11 is 0. The van der Waals surface area contributed by atoms with Crippen LogP contribution in [0.1, 0.15) is 30.0 Å². The Morgan fingerprint density at radius 3 is 2.43 bits per heavy atom. The lowest BCUT2D eigenvalue weighted by Crippen LogP contribution is -2.34. The van der Waals surface area contributed by atoms with Gasteiger partial charge in [0, 0.05) is 18.0 Å². The summed E-state index contributed by atoms with van der Waals surface area (Å²) in [7, 11) is -3.61. The summed E-state index contributed by atoms with van der Waals surface area (Å²) in [6, 6.07) is 9.14. The van der Waals surface area contributed by atoms with E-state index in [9.17, 15) is 13.2 Å². The van der Waals surface area contributed by atoms with Crippen molar-refractivity contribution in [2.45, 2.75) is 31.2 Å². The van der Waals surface area contributed by atoms with E-state index in [0.29, 0.717) is 12.0 Å². The minimum Gasteiger partial charge on any atom is -0.469 e. The number of Topliss-reactive ketones (excluding diaryl/α,β-unsaturated/α-hetero) is 1. The van der Waals surface area contributed by atoms with Crippen LogP contribution in [0, 0.1) is 0 Å². The van der Waals surface area contributed by atoms with Gasteiger partial charge in [-0.1, -0.05) is 12.1 Å². The van der Waals surface area contributed by atoms with E-state index in [4.69, 9.17) is 4.42 Å². The number of sulfonamides is 1. The summed E-state index contributed by atoms with van der Waals surface area (Å²) < 4.78 is 32.2. The fraction of sp³-hybridized carbons (Fsp3) is 0.267. The summed E-state index contributed by atoms with van der Waals surface area (Å²) in [5.41, 5.74) is 0.484. The number of nitrogens with one attached hydrogen (secondary N) is 1. The lowest BCUT2D eigenvalue weighted by molar-refractivity contribution is 0.101. The predicted molar refractivity (Wildman–Crippen MR) is 78.6 cm³/mol. The Hall–Kier alpha value is -1.92. The Morgan fingerprint density at radius 1 is 1.24 bits per heavy atom. The quantitative estimate of drug-likeness (QED) is 0.831. The fourth-order valence-corrected chi connectivity index (χ4v) is 3.22. The molecule has 2 rings (SSSR count). The first-order valence-corrected chi connectivity index (χ1v) is 8.02. The third kappa shape index (κ3) is 4.03. The molecule has 112 valence electrons. The number of carbonyl (C=O) groups is 1. The molecule has 1 heterocycles. The standard InChI is InChI=1S/C15H17NO4S/c1-11(10-14-4-3-9-20-14)16-21(18,19)15-7-5-13(6-8-15)12(2)17/h3-9,11,16H,10H2,1-2H3. The van der Waals surface area contributed by atoms with Crippen LogP contribution in [0.15, 0.2) is 52.0 Å². The van der Waals surface area contributed by atoms with Crippen molar-refractivity contribution in [1.82, 2.24) is 4.72 Å². The van der Waals surface area contributed by atoms with Gasteiger partial charge in [-0.05, 0) is 38.1 Å². The van der Waals surface area contributed by atoms with Crippen molar-refractivity contribution in [3.8, 4) is 0 Å². The molecule has 21 heavy (non-hydrogen) atoms. The van der Waals surface area contributed by atoms with Crippen molar-refractivity contribution in [2.75, 3.05) is 0 Å². The van der Waals surface area contributed by atoms with E-state index in [-0.39, 0.29) is 16.7 Å². The molecule has 6 heteroatoms. The molecule has 0 saturated carbocycles. The van der Waals surface area contributed by atoms with Gasteiger partial charge in [-0.3, -0.25) is 4.79 Å². The van der Waals surface area contributed by atoms with E-state index < -0.39 is 10.0 Å². The summed E-state index contributed by atoms with van der Waals surface area (Å²) in [5.74, 6) is 0.621. The van der Waals surface area contributed by atoms with Gasteiger partial charge in [-0.2, -0.15) is 0 Å². The molecule has 1 unspecified atom stereocenters. The molecule has 1 atom stereocenters. The Morgan fingerprint density at radius 2 is 1.90 bits per heavy atom. The normalized spacial score (nSPS) is 13.0. The first kappa shape index (κ1) is 15.5. The number of furan rings is 1. The van der Waals surface area contributed by atoms with Gasteiger partial charge in [-0.15, -0.1) is 0 Å². The van der Waals surface area contributed by atoms with E-state index in [0.717, 1.165) is 5.76 Å². The van der Waals surface area contributed by atoms with Crippen molar-refractivity contribution < 1.29 is 17.6 Å². The molecule has 0 aliphatic rings. The van der Waals surface area contributed by atoms with Crippen LogP contribution < -0.4 is 4.72 Å². The minimum absolute atomic E-state index is 0.0990. The molecule has 1 N–H and O–H groups in total. The van der Waals surface area contributed by atoms with E-state index in [1.165, 1.54) is 31.2 Å².